The van der Waals surface area contributed by atoms with Crippen molar-refractivity contribution in [3.05, 3.63) is 82.4 Å². The van der Waals surface area contributed by atoms with Gasteiger partial charge in [-0.1, -0.05) is 54.4 Å². The summed E-state index contributed by atoms with van der Waals surface area (Å²) in [6, 6.07) is 15.3. The first-order chi connectivity index (χ1) is 26.0. The molecular weight excluding hydrogens is 657 g/mol. The van der Waals surface area contributed by atoms with Crippen molar-refractivity contribution in [2.75, 3.05) is 0 Å². The average Bonchev–Trinajstić information content (AvgIpc) is 3.61. The summed E-state index contributed by atoms with van der Waals surface area (Å²) in [5, 5.41) is 11.4. The van der Waals surface area contributed by atoms with Crippen molar-refractivity contribution in [1.29, 1.82) is 0 Å². The van der Waals surface area contributed by atoms with Crippen molar-refractivity contribution >= 4 is 76.2 Å². The predicted molar refractivity (Wildman–Crippen MR) is 226 cm³/mol. The van der Waals surface area contributed by atoms with Crippen molar-refractivity contribution in [2.24, 2.45) is 0 Å². The van der Waals surface area contributed by atoms with Crippen LogP contribution < -0.4 is 0 Å². The van der Waals surface area contributed by atoms with Crippen LogP contribution in [0.1, 0.15) is 163 Å². The number of benzene rings is 3. The summed E-state index contributed by atoms with van der Waals surface area (Å²) in [5.74, 6) is 2.49. The van der Waals surface area contributed by atoms with Gasteiger partial charge >= 0.3 is 0 Å². The summed E-state index contributed by atoms with van der Waals surface area (Å²) in [5.41, 5.74) is 17.0. The normalized spacial score (nSPS) is 23.4. The molecule has 6 aliphatic rings. The van der Waals surface area contributed by atoms with Crippen LogP contribution in [0.4, 0.5) is 0 Å². The van der Waals surface area contributed by atoms with Gasteiger partial charge in [0.25, 0.3) is 0 Å². The Morgan fingerprint density at radius 3 is 1.26 bits per heavy atom. The first kappa shape index (κ1) is 30.8. The fourth-order valence-electron chi connectivity index (χ4n) is 12.7. The Labute approximate surface area is 316 Å². The Balaban J connectivity index is 1.22. The van der Waals surface area contributed by atoms with Crippen LogP contribution in [0.3, 0.4) is 0 Å². The van der Waals surface area contributed by atoms with Crippen molar-refractivity contribution in [2.45, 2.75) is 140 Å². The zero-order valence-corrected chi connectivity index (χ0v) is 32.8. The van der Waals surface area contributed by atoms with Crippen molar-refractivity contribution in [1.82, 2.24) is 18.8 Å². The number of hydrogen-bond donors (Lipinski definition) is 0. The highest BCUT2D eigenvalue weighted by molar-refractivity contribution is 6.29. The highest BCUT2D eigenvalue weighted by Crippen LogP contribution is 2.55. The summed E-state index contributed by atoms with van der Waals surface area (Å²) in [6.07, 6.45) is 17.6. The van der Waals surface area contributed by atoms with E-state index in [2.05, 4.69) is 99.1 Å². The molecule has 6 heterocycles. The fourth-order valence-corrected chi connectivity index (χ4v) is 12.7. The lowest BCUT2D eigenvalue weighted by Gasteiger charge is -2.27. The molecule has 0 saturated heterocycles. The van der Waals surface area contributed by atoms with Gasteiger partial charge in [-0.25, -0.2) is 0 Å². The van der Waals surface area contributed by atoms with Gasteiger partial charge in [0.15, 0.2) is 0 Å². The monoisotopic (exact) mass is 706 g/mol. The maximum atomic E-state index is 5.39. The third-order valence-electron chi connectivity index (χ3n) is 15.4. The molecule has 15 rings (SSSR count). The van der Waals surface area contributed by atoms with Gasteiger partial charge in [-0.2, -0.15) is 0 Å². The number of rotatable bonds is 0. The Kier molecular flexibility index (Phi) is 5.63. The number of pyridine rings is 2. The van der Waals surface area contributed by atoms with E-state index in [0.717, 1.165) is 0 Å². The van der Waals surface area contributed by atoms with Crippen LogP contribution in [0, 0.1) is 0 Å². The Bertz CT molecular complexity index is 2880. The van der Waals surface area contributed by atoms with E-state index in [0.29, 0.717) is 23.7 Å². The molecular formula is C50H50N4. The van der Waals surface area contributed by atoms with Gasteiger partial charge in [0.05, 0.1) is 45.5 Å². The first-order valence-electron chi connectivity index (χ1n) is 21.3. The molecule has 4 nitrogen and oxygen atoms in total. The zero-order chi connectivity index (χ0) is 36.2. The van der Waals surface area contributed by atoms with E-state index in [1.165, 1.54) is 163 Å². The minimum absolute atomic E-state index is 0.0346. The first-order valence-corrected chi connectivity index (χ1v) is 21.3. The molecule has 4 atom stereocenters. The van der Waals surface area contributed by atoms with Crippen LogP contribution in [0.5, 0.6) is 0 Å². The lowest BCUT2D eigenvalue weighted by atomic mass is 9.79. The molecule has 0 N–H and O–H groups in total. The quantitative estimate of drug-likeness (QED) is 0.157. The van der Waals surface area contributed by atoms with Crippen LogP contribution in [0.2, 0.25) is 0 Å². The Morgan fingerprint density at radius 2 is 0.833 bits per heavy atom. The smallest absolute Gasteiger partial charge is 0.0728 e. The van der Waals surface area contributed by atoms with E-state index >= 15 is 0 Å². The zero-order valence-electron chi connectivity index (χ0n) is 32.8. The molecule has 0 amide bonds. The molecule has 54 heavy (non-hydrogen) atoms. The third kappa shape index (κ3) is 3.67. The predicted octanol–water partition coefficient (Wildman–Crippen LogP) is 13.7. The second kappa shape index (κ2) is 9.86. The molecule has 6 aromatic heterocycles. The minimum atomic E-state index is 0.0346. The van der Waals surface area contributed by atoms with E-state index in [1.54, 1.807) is 11.1 Å². The van der Waals surface area contributed by atoms with Crippen molar-refractivity contribution in [3.63, 3.8) is 0 Å². The van der Waals surface area contributed by atoms with Gasteiger partial charge in [-0.15, -0.1) is 0 Å². The number of hydrogen-bond acceptors (Lipinski definition) is 2. The van der Waals surface area contributed by atoms with Crippen LogP contribution in [0.15, 0.2) is 48.8 Å². The summed E-state index contributed by atoms with van der Waals surface area (Å²) >= 11 is 0. The Morgan fingerprint density at radius 1 is 0.444 bits per heavy atom. The van der Waals surface area contributed by atoms with E-state index in [9.17, 15) is 0 Å². The SMILES string of the molecule is CC(C)(C)c1cc2c3cc4c(cc3n3c5cnc6c(c5c(c1)c23)C1CCCC6CC1)c1cc(C(C)(C)C)cc2c3c5c(ncc3n4c12)C1CCCC5CC1. The minimum Gasteiger partial charge on any atom is -0.306 e. The standard InChI is InChI=1S/C50H50N4/c1-49(2,3)29-17-33-31-21-38-32(22-37(31)53-39-23-51-45-27-11-7-9-25(13-15-27)41(45)43(39)35(19-29)47(33)53)34-18-30(50(4,5)6)20-36-44-40(54(38)48(34)36)24-52-46-28-12-8-10-26(14-16-28)42(44)46/h17-28H,7-16H2,1-6H3. The van der Waals surface area contributed by atoms with Gasteiger partial charge < -0.3 is 8.80 Å². The van der Waals surface area contributed by atoms with Gasteiger partial charge in [0.1, 0.15) is 0 Å². The van der Waals surface area contributed by atoms with E-state index in [-0.39, 0.29) is 10.8 Å². The number of nitrogens with zero attached hydrogens (tertiary/aromatic N) is 4. The van der Waals surface area contributed by atoms with E-state index in [1.807, 2.05) is 0 Å². The Hall–Kier alpha value is -4.44. The topological polar surface area (TPSA) is 34.6 Å². The molecule has 9 aromatic rings. The van der Waals surface area contributed by atoms with Crippen LogP contribution in [0.25, 0.3) is 76.2 Å². The molecule has 2 saturated carbocycles. The third-order valence-corrected chi connectivity index (χ3v) is 15.4. The molecule has 270 valence electrons. The summed E-state index contributed by atoms with van der Waals surface area (Å²) in [6.45, 7) is 14.3. The molecule has 0 radical (unpaired) electrons. The molecule has 0 spiro atoms. The fraction of sp³-hybridized carbons (Fsp3) is 0.440. The molecule has 4 bridgehead atoms. The van der Waals surface area contributed by atoms with Crippen LogP contribution in [-0.4, -0.2) is 18.8 Å². The molecule has 2 fully saturated rings. The van der Waals surface area contributed by atoms with Crippen LogP contribution >= 0.6 is 0 Å². The van der Waals surface area contributed by atoms with Gasteiger partial charge in [-0.05, 0) is 133 Å². The number of aromatic nitrogens is 4. The van der Waals surface area contributed by atoms with Gasteiger partial charge in [0, 0.05) is 66.3 Å². The molecule has 3 aromatic carbocycles. The van der Waals surface area contributed by atoms with E-state index in [4.69, 9.17) is 9.97 Å². The second-order valence-electron chi connectivity index (χ2n) is 20.3. The average molecular weight is 707 g/mol. The maximum Gasteiger partial charge on any atom is 0.0728 e. The number of fused-ring (bicyclic) bond motifs is 18. The van der Waals surface area contributed by atoms with Crippen molar-refractivity contribution < 1.29 is 0 Å². The summed E-state index contributed by atoms with van der Waals surface area (Å²) in [7, 11) is 0. The van der Waals surface area contributed by atoms with E-state index < -0.39 is 0 Å². The summed E-state index contributed by atoms with van der Waals surface area (Å²) in [4.78, 5) is 10.8. The largest absolute Gasteiger partial charge is 0.306 e. The van der Waals surface area contributed by atoms with Crippen LogP contribution in [-0.2, 0) is 10.8 Å². The maximum absolute atomic E-state index is 5.39. The lowest BCUT2D eigenvalue weighted by Crippen LogP contribution is -2.13. The second-order valence-corrected chi connectivity index (χ2v) is 20.3. The molecule has 6 aliphatic carbocycles. The van der Waals surface area contributed by atoms with Gasteiger partial charge in [0.2, 0.25) is 0 Å². The van der Waals surface area contributed by atoms with Gasteiger partial charge in [-0.3, -0.25) is 9.97 Å². The highest BCUT2D eigenvalue weighted by Gasteiger charge is 2.37. The highest BCUT2D eigenvalue weighted by atomic mass is 15.0. The molecule has 4 heteroatoms. The summed E-state index contributed by atoms with van der Waals surface area (Å²) < 4.78 is 5.26. The van der Waals surface area contributed by atoms with Crippen molar-refractivity contribution in [3.8, 4) is 0 Å². The lowest BCUT2D eigenvalue weighted by molar-refractivity contribution is 0.518. The molecule has 4 unspecified atom stereocenters. The molecule has 0 aliphatic heterocycles.